The minimum absolute atomic E-state index is 0.0351. The number of aromatic nitrogens is 1. The van der Waals surface area contributed by atoms with Gasteiger partial charge in [0.05, 0.1) is 18.7 Å². The fourth-order valence-electron chi connectivity index (χ4n) is 1.61. The van der Waals surface area contributed by atoms with E-state index in [-0.39, 0.29) is 18.0 Å². The Hall–Kier alpha value is -0.980. The monoisotopic (exact) mass is 271 g/mol. The number of thiazole rings is 1. The van der Waals surface area contributed by atoms with E-state index >= 15 is 0 Å². The van der Waals surface area contributed by atoms with Crippen LogP contribution >= 0.6 is 11.3 Å². The Bertz CT molecular complexity index is 373. The minimum Gasteiger partial charge on any atom is -0.383 e. The second kappa shape index (κ2) is 7.45. The number of nitrogens with zero attached hydrogens (tertiary/aromatic N) is 1. The molecule has 2 atom stereocenters. The zero-order valence-corrected chi connectivity index (χ0v) is 11.9. The second-order valence-electron chi connectivity index (χ2n) is 4.27. The van der Waals surface area contributed by atoms with Gasteiger partial charge in [-0.3, -0.25) is 4.79 Å². The van der Waals surface area contributed by atoms with E-state index in [4.69, 9.17) is 10.5 Å². The Morgan fingerprint density at radius 1 is 1.67 bits per heavy atom. The highest BCUT2D eigenvalue weighted by Gasteiger charge is 2.16. The number of methoxy groups -OCH3 is 1. The Balaban J connectivity index is 2.61. The predicted octanol–water partition coefficient (Wildman–Crippen LogP) is 1.71. The van der Waals surface area contributed by atoms with Gasteiger partial charge in [0, 0.05) is 12.5 Å². The van der Waals surface area contributed by atoms with Gasteiger partial charge < -0.3 is 15.8 Å². The van der Waals surface area contributed by atoms with E-state index in [1.54, 1.807) is 12.5 Å². The standard InChI is InChI=1S/C12H21N3O2S/c1-4-5-9(6-17-3)14-11(16)10-7-18-12(15-10)8(2)13/h7-9H,4-6,13H2,1-3H3,(H,14,16). The van der Waals surface area contributed by atoms with Gasteiger partial charge in [-0.1, -0.05) is 13.3 Å². The third-order valence-corrected chi connectivity index (χ3v) is 3.53. The molecule has 2 unspecified atom stereocenters. The highest BCUT2D eigenvalue weighted by Crippen LogP contribution is 2.15. The van der Waals surface area contributed by atoms with E-state index in [1.165, 1.54) is 11.3 Å². The molecule has 5 nitrogen and oxygen atoms in total. The first-order chi connectivity index (χ1) is 8.58. The summed E-state index contributed by atoms with van der Waals surface area (Å²) in [6.45, 7) is 4.45. The van der Waals surface area contributed by atoms with Crippen LogP contribution in [0.2, 0.25) is 0 Å². The Morgan fingerprint density at radius 3 is 2.89 bits per heavy atom. The highest BCUT2D eigenvalue weighted by atomic mass is 32.1. The van der Waals surface area contributed by atoms with Crippen molar-refractivity contribution >= 4 is 17.2 Å². The van der Waals surface area contributed by atoms with E-state index in [0.29, 0.717) is 12.3 Å². The SMILES string of the molecule is CCCC(COC)NC(=O)c1csc(C(C)N)n1. The van der Waals surface area contributed by atoms with Crippen LogP contribution in [0.4, 0.5) is 0 Å². The van der Waals surface area contributed by atoms with E-state index in [2.05, 4.69) is 17.2 Å². The Morgan fingerprint density at radius 2 is 2.39 bits per heavy atom. The smallest absolute Gasteiger partial charge is 0.271 e. The van der Waals surface area contributed by atoms with Crippen LogP contribution in [-0.2, 0) is 4.74 Å². The van der Waals surface area contributed by atoms with Gasteiger partial charge in [0.25, 0.3) is 5.91 Å². The van der Waals surface area contributed by atoms with Crippen molar-refractivity contribution in [2.24, 2.45) is 5.73 Å². The molecule has 0 saturated heterocycles. The van der Waals surface area contributed by atoms with Crippen molar-refractivity contribution in [2.75, 3.05) is 13.7 Å². The molecule has 3 N–H and O–H groups in total. The molecular formula is C12H21N3O2S. The first kappa shape index (κ1) is 15.1. The van der Waals surface area contributed by atoms with Gasteiger partial charge in [0.15, 0.2) is 0 Å². The number of rotatable bonds is 7. The fraction of sp³-hybridized carbons (Fsp3) is 0.667. The first-order valence-electron chi connectivity index (χ1n) is 6.09. The fourth-order valence-corrected chi connectivity index (χ4v) is 2.37. The van der Waals surface area contributed by atoms with E-state index in [0.717, 1.165) is 17.8 Å². The molecule has 0 aliphatic carbocycles. The van der Waals surface area contributed by atoms with Crippen molar-refractivity contribution in [1.29, 1.82) is 0 Å². The second-order valence-corrected chi connectivity index (χ2v) is 5.16. The first-order valence-corrected chi connectivity index (χ1v) is 6.97. The number of carbonyl (C=O) groups is 1. The molecule has 0 aliphatic heterocycles. The molecule has 18 heavy (non-hydrogen) atoms. The summed E-state index contributed by atoms with van der Waals surface area (Å²) < 4.78 is 5.08. The van der Waals surface area contributed by atoms with Crippen LogP contribution in [0.5, 0.6) is 0 Å². The molecule has 0 aromatic carbocycles. The van der Waals surface area contributed by atoms with Crippen LogP contribution in [0, 0.1) is 0 Å². The number of carbonyl (C=O) groups excluding carboxylic acids is 1. The van der Waals surface area contributed by atoms with Gasteiger partial charge >= 0.3 is 0 Å². The number of hydrogen-bond acceptors (Lipinski definition) is 5. The number of amides is 1. The lowest BCUT2D eigenvalue weighted by Gasteiger charge is -2.16. The maximum atomic E-state index is 12.0. The molecule has 1 amide bonds. The number of nitrogens with two attached hydrogens (primary N) is 1. The van der Waals surface area contributed by atoms with Gasteiger partial charge in [0.2, 0.25) is 0 Å². The van der Waals surface area contributed by atoms with Crippen LogP contribution in [0.15, 0.2) is 5.38 Å². The van der Waals surface area contributed by atoms with Gasteiger partial charge in [0.1, 0.15) is 10.7 Å². The third-order valence-electron chi connectivity index (χ3n) is 2.48. The number of ether oxygens (including phenoxy) is 1. The summed E-state index contributed by atoms with van der Waals surface area (Å²) in [6.07, 6.45) is 1.89. The predicted molar refractivity (Wildman–Crippen MR) is 72.8 cm³/mol. The summed E-state index contributed by atoms with van der Waals surface area (Å²) in [4.78, 5) is 16.2. The summed E-state index contributed by atoms with van der Waals surface area (Å²) in [5.74, 6) is -0.159. The highest BCUT2D eigenvalue weighted by molar-refractivity contribution is 7.09. The summed E-state index contributed by atoms with van der Waals surface area (Å²) in [7, 11) is 1.63. The van der Waals surface area contributed by atoms with Crippen molar-refractivity contribution in [3.05, 3.63) is 16.1 Å². The van der Waals surface area contributed by atoms with Crippen molar-refractivity contribution in [3.8, 4) is 0 Å². The lowest BCUT2D eigenvalue weighted by Crippen LogP contribution is -2.38. The largest absolute Gasteiger partial charge is 0.383 e. The maximum Gasteiger partial charge on any atom is 0.271 e. The van der Waals surface area contributed by atoms with Crippen LogP contribution < -0.4 is 11.1 Å². The van der Waals surface area contributed by atoms with Crippen LogP contribution in [0.1, 0.15) is 48.2 Å². The van der Waals surface area contributed by atoms with E-state index in [9.17, 15) is 4.79 Å². The number of nitrogens with one attached hydrogen (secondary N) is 1. The summed E-state index contributed by atoms with van der Waals surface area (Å²) in [5.41, 5.74) is 6.15. The molecule has 1 aromatic rings. The van der Waals surface area contributed by atoms with Crippen LogP contribution in [0.3, 0.4) is 0 Å². The zero-order valence-electron chi connectivity index (χ0n) is 11.1. The molecule has 0 fully saturated rings. The van der Waals surface area contributed by atoms with Gasteiger partial charge in [-0.25, -0.2) is 4.98 Å². The Kier molecular flexibility index (Phi) is 6.24. The van der Waals surface area contributed by atoms with Gasteiger partial charge in [-0.15, -0.1) is 11.3 Å². The zero-order chi connectivity index (χ0) is 13.5. The lowest BCUT2D eigenvalue weighted by atomic mass is 10.2. The molecule has 1 aromatic heterocycles. The van der Waals surface area contributed by atoms with E-state index < -0.39 is 0 Å². The average Bonchev–Trinajstić information content (AvgIpc) is 2.79. The molecule has 0 aliphatic rings. The molecule has 0 radical (unpaired) electrons. The van der Waals surface area contributed by atoms with Crippen molar-refractivity contribution in [3.63, 3.8) is 0 Å². The minimum atomic E-state index is -0.159. The molecule has 0 saturated carbocycles. The molecular weight excluding hydrogens is 250 g/mol. The lowest BCUT2D eigenvalue weighted by molar-refractivity contribution is 0.0887. The van der Waals surface area contributed by atoms with Crippen LogP contribution in [-0.4, -0.2) is 30.6 Å². The third kappa shape index (κ3) is 4.36. The molecule has 102 valence electrons. The quantitative estimate of drug-likeness (QED) is 0.791. The summed E-state index contributed by atoms with van der Waals surface area (Å²) in [6, 6.07) is -0.102. The van der Waals surface area contributed by atoms with Gasteiger partial charge in [-0.2, -0.15) is 0 Å². The van der Waals surface area contributed by atoms with Gasteiger partial charge in [-0.05, 0) is 13.3 Å². The van der Waals surface area contributed by atoms with Crippen LogP contribution in [0.25, 0.3) is 0 Å². The topological polar surface area (TPSA) is 77.2 Å². The Labute approximate surface area is 112 Å². The normalized spacial score (nSPS) is 14.2. The summed E-state index contributed by atoms with van der Waals surface area (Å²) in [5, 5.41) is 5.44. The maximum absolute atomic E-state index is 12.0. The molecule has 1 rings (SSSR count). The number of hydrogen-bond donors (Lipinski definition) is 2. The molecule has 6 heteroatoms. The average molecular weight is 271 g/mol. The molecule has 1 heterocycles. The van der Waals surface area contributed by atoms with Crippen molar-refractivity contribution in [1.82, 2.24) is 10.3 Å². The molecule has 0 spiro atoms. The van der Waals surface area contributed by atoms with Crippen molar-refractivity contribution < 1.29 is 9.53 Å². The molecule has 0 bridgehead atoms. The van der Waals surface area contributed by atoms with Crippen molar-refractivity contribution in [2.45, 2.75) is 38.8 Å². The van der Waals surface area contributed by atoms with E-state index in [1.807, 2.05) is 6.92 Å². The summed E-state index contributed by atoms with van der Waals surface area (Å²) >= 11 is 1.41.